The lowest BCUT2D eigenvalue weighted by Crippen LogP contribution is -1.99. The summed E-state index contributed by atoms with van der Waals surface area (Å²) in [5, 5.41) is 7.14. The second-order valence-corrected chi connectivity index (χ2v) is 11.7. The van der Waals surface area contributed by atoms with E-state index in [1.807, 2.05) is 6.07 Å². The van der Waals surface area contributed by atoms with Gasteiger partial charge in [0, 0.05) is 49.3 Å². The molecule has 10 rings (SSSR count). The summed E-state index contributed by atoms with van der Waals surface area (Å²) in [6.07, 6.45) is 0. The fourth-order valence-corrected chi connectivity index (χ4v) is 7.46. The Hall–Kier alpha value is -6.06. The van der Waals surface area contributed by atoms with Crippen LogP contribution in [0.25, 0.3) is 88.1 Å². The first-order chi connectivity index (χ1) is 22.4. The molecule has 3 heteroatoms. The SMILES string of the molecule is c1ccc(-n2c3ccccc3c3cc(-c4cccc5c4oc4ccccc45)c4c5ccccc5n(-c5ccccc5)c4c32)cc1. The summed E-state index contributed by atoms with van der Waals surface area (Å²) in [6, 6.07) is 56.4. The number of fused-ring (bicyclic) bond motifs is 10. The smallest absolute Gasteiger partial charge is 0.143 e. The molecule has 0 spiro atoms. The highest BCUT2D eigenvalue weighted by Crippen LogP contribution is 2.48. The third-order valence-corrected chi connectivity index (χ3v) is 9.29. The zero-order valence-electron chi connectivity index (χ0n) is 24.3. The van der Waals surface area contributed by atoms with Crippen molar-refractivity contribution in [1.82, 2.24) is 9.13 Å². The van der Waals surface area contributed by atoms with E-state index in [2.05, 4.69) is 161 Å². The molecule has 3 heterocycles. The molecule has 0 atom stereocenters. The molecule has 210 valence electrons. The number of hydrogen-bond acceptors (Lipinski definition) is 1. The maximum absolute atomic E-state index is 6.65. The molecule has 0 unspecified atom stereocenters. The Bertz CT molecular complexity index is 2740. The fraction of sp³-hybridized carbons (Fsp3) is 0. The van der Waals surface area contributed by atoms with Gasteiger partial charge >= 0.3 is 0 Å². The largest absolute Gasteiger partial charge is 0.455 e. The van der Waals surface area contributed by atoms with Gasteiger partial charge in [-0.2, -0.15) is 0 Å². The molecule has 0 aliphatic rings. The predicted octanol–water partition coefficient (Wildman–Crippen LogP) is 11.4. The van der Waals surface area contributed by atoms with E-state index in [1.54, 1.807) is 0 Å². The second-order valence-electron chi connectivity index (χ2n) is 11.7. The highest BCUT2D eigenvalue weighted by Gasteiger charge is 2.25. The van der Waals surface area contributed by atoms with Crippen LogP contribution in [0.4, 0.5) is 0 Å². The van der Waals surface area contributed by atoms with Crippen LogP contribution in [0.2, 0.25) is 0 Å². The lowest BCUT2D eigenvalue weighted by molar-refractivity contribution is 0.670. The molecule has 0 aliphatic heterocycles. The third kappa shape index (κ3) is 3.35. The minimum absolute atomic E-state index is 0.907. The first-order valence-corrected chi connectivity index (χ1v) is 15.4. The van der Waals surface area contributed by atoms with Crippen molar-refractivity contribution < 1.29 is 4.42 Å². The normalized spacial score (nSPS) is 12.0. The summed E-state index contributed by atoms with van der Waals surface area (Å²) >= 11 is 0. The van der Waals surface area contributed by atoms with Crippen LogP contribution in [0.3, 0.4) is 0 Å². The summed E-state index contributed by atoms with van der Waals surface area (Å²) in [5.74, 6) is 0. The number of furan rings is 1. The van der Waals surface area contributed by atoms with Crippen molar-refractivity contribution in [1.29, 1.82) is 0 Å². The van der Waals surface area contributed by atoms with E-state index in [-0.39, 0.29) is 0 Å². The zero-order valence-corrected chi connectivity index (χ0v) is 24.3. The first-order valence-electron chi connectivity index (χ1n) is 15.4. The number of aromatic nitrogens is 2. The standard InChI is InChI=1S/C42H26N2O/c1-3-14-27(15-4-1)43-36-23-10-7-18-29(36)35-26-34(32-22-13-21-31-30-19-9-12-25-38(30)45-42(31)32)39-33-20-8-11-24-37(33)44(41(39)40(35)43)28-16-5-2-6-17-28/h1-26H. The van der Waals surface area contributed by atoms with Gasteiger partial charge < -0.3 is 13.6 Å². The molecule has 3 aromatic heterocycles. The Morgan fingerprint density at radius 3 is 1.67 bits per heavy atom. The topological polar surface area (TPSA) is 23.0 Å². The van der Waals surface area contributed by atoms with Crippen molar-refractivity contribution in [2.45, 2.75) is 0 Å². The summed E-state index contributed by atoms with van der Waals surface area (Å²) in [7, 11) is 0. The van der Waals surface area contributed by atoms with Crippen LogP contribution < -0.4 is 0 Å². The average Bonchev–Trinajstić information content (AvgIpc) is 3.77. The first kappa shape index (κ1) is 24.4. The van der Waals surface area contributed by atoms with E-state index in [0.717, 1.165) is 38.9 Å². The predicted molar refractivity (Wildman–Crippen MR) is 188 cm³/mol. The minimum Gasteiger partial charge on any atom is -0.455 e. The van der Waals surface area contributed by atoms with E-state index in [0.29, 0.717) is 0 Å². The van der Waals surface area contributed by atoms with E-state index >= 15 is 0 Å². The van der Waals surface area contributed by atoms with Crippen molar-refractivity contribution in [2.24, 2.45) is 0 Å². The Morgan fingerprint density at radius 1 is 0.378 bits per heavy atom. The number of nitrogens with zero attached hydrogens (tertiary/aromatic N) is 2. The highest BCUT2D eigenvalue weighted by atomic mass is 16.3. The maximum atomic E-state index is 6.65. The van der Waals surface area contributed by atoms with Gasteiger partial charge in [0.15, 0.2) is 0 Å². The summed E-state index contributed by atoms with van der Waals surface area (Å²) in [5.41, 5.74) is 11.1. The quantitative estimate of drug-likeness (QED) is 0.206. The molecule has 45 heavy (non-hydrogen) atoms. The number of benzene rings is 7. The van der Waals surface area contributed by atoms with Gasteiger partial charge in [-0.15, -0.1) is 0 Å². The van der Waals surface area contributed by atoms with Gasteiger partial charge in [-0.25, -0.2) is 0 Å². The number of hydrogen-bond donors (Lipinski definition) is 0. The van der Waals surface area contributed by atoms with Gasteiger partial charge in [0.25, 0.3) is 0 Å². The van der Waals surface area contributed by atoms with Crippen molar-refractivity contribution in [2.75, 3.05) is 0 Å². The van der Waals surface area contributed by atoms with Crippen LogP contribution in [0.15, 0.2) is 162 Å². The van der Waals surface area contributed by atoms with Gasteiger partial charge in [-0.1, -0.05) is 109 Å². The molecule has 3 nitrogen and oxygen atoms in total. The van der Waals surface area contributed by atoms with Crippen LogP contribution in [0.5, 0.6) is 0 Å². The van der Waals surface area contributed by atoms with Crippen molar-refractivity contribution >= 4 is 65.6 Å². The van der Waals surface area contributed by atoms with Gasteiger partial charge in [0.2, 0.25) is 0 Å². The Kier molecular flexibility index (Phi) is 5.00. The minimum atomic E-state index is 0.907. The van der Waals surface area contributed by atoms with Gasteiger partial charge in [-0.3, -0.25) is 0 Å². The summed E-state index contributed by atoms with van der Waals surface area (Å²) in [4.78, 5) is 0. The second kappa shape index (κ2) is 9.22. The lowest BCUT2D eigenvalue weighted by Gasteiger charge is -2.14. The molecular formula is C42H26N2O. The van der Waals surface area contributed by atoms with Crippen molar-refractivity contribution in [3.63, 3.8) is 0 Å². The number of rotatable bonds is 3. The summed E-state index contributed by atoms with van der Waals surface area (Å²) in [6.45, 7) is 0. The van der Waals surface area contributed by atoms with Gasteiger partial charge in [0.1, 0.15) is 11.2 Å². The van der Waals surface area contributed by atoms with E-state index in [1.165, 1.54) is 49.2 Å². The molecule has 10 aromatic rings. The van der Waals surface area contributed by atoms with Gasteiger partial charge in [-0.05, 0) is 54.1 Å². The van der Waals surface area contributed by atoms with Gasteiger partial charge in [0.05, 0.1) is 22.1 Å². The summed E-state index contributed by atoms with van der Waals surface area (Å²) < 4.78 is 11.5. The number of para-hydroxylation sites is 6. The molecule has 0 saturated carbocycles. The fourth-order valence-electron chi connectivity index (χ4n) is 7.46. The molecule has 0 fully saturated rings. The molecular weight excluding hydrogens is 548 g/mol. The van der Waals surface area contributed by atoms with Crippen molar-refractivity contribution in [3.05, 3.63) is 158 Å². The average molecular weight is 575 g/mol. The molecule has 0 amide bonds. The zero-order chi connectivity index (χ0) is 29.5. The lowest BCUT2D eigenvalue weighted by atomic mass is 9.95. The third-order valence-electron chi connectivity index (χ3n) is 9.29. The van der Waals surface area contributed by atoms with Crippen LogP contribution in [0.1, 0.15) is 0 Å². The molecule has 0 aliphatic carbocycles. The van der Waals surface area contributed by atoms with Crippen LogP contribution in [-0.4, -0.2) is 9.13 Å². The maximum Gasteiger partial charge on any atom is 0.143 e. The van der Waals surface area contributed by atoms with Crippen molar-refractivity contribution in [3.8, 4) is 22.5 Å². The van der Waals surface area contributed by atoms with E-state index in [9.17, 15) is 0 Å². The highest BCUT2D eigenvalue weighted by molar-refractivity contribution is 6.29. The van der Waals surface area contributed by atoms with Crippen LogP contribution in [0, 0.1) is 0 Å². The molecule has 0 bridgehead atoms. The van der Waals surface area contributed by atoms with Crippen LogP contribution in [-0.2, 0) is 0 Å². The molecule has 0 N–H and O–H groups in total. The van der Waals surface area contributed by atoms with E-state index in [4.69, 9.17) is 4.42 Å². The Labute approximate surface area is 258 Å². The molecule has 0 saturated heterocycles. The Balaban J connectivity index is 1.50. The monoisotopic (exact) mass is 574 g/mol. The van der Waals surface area contributed by atoms with E-state index < -0.39 is 0 Å². The molecule has 7 aromatic carbocycles. The van der Waals surface area contributed by atoms with Crippen LogP contribution >= 0.6 is 0 Å². The Morgan fingerprint density at radius 2 is 0.933 bits per heavy atom. The molecule has 0 radical (unpaired) electrons.